The number of carboxylic acids is 1. The largest absolute Gasteiger partial charge is 0.480 e. The second-order valence-corrected chi connectivity index (χ2v) is 7.58. The van der Waals surface area contributed by atoms with Gasteiger partial charge in [0.25, 0.3) is 0 Å². The molecule has 0 aliphatic carbocycles. The molecule has 1 fully saturated rings. The molecule has 0 spiro atoms. The Morgan fingerprint density at radius 1 is 1.15 bits per heavy atom. The van der Waals surface area contributed by atoms with Crippen LogP contribution < -0.4 is 0 Å². The third kappa shape index (κ3) is 5.55. The summed E-state index contributed by atoms with van der Waals surface area (Å²) in [6.45, 7) is 6.42. The molecule has 2 amide bonds. The number of carboxylic acid groups (broad SMARTS) is 1. The van der Waals surface area contributed by atoms with E-state index in [0.717, 1.165) is 12.0 Å². The van der Waals surface area contributed by atoms with E-state index in [9.17, 15) is 14.4 Å². The molecular weight excluding hydrogens is 344 g/mol. The van der Waals surface area contributed by atoms with Gasteiger partial charge in [0.05, 0.1) is 5.92 Å². The number of likely N-dealkylation sites (tertiary alicyclic amines) is 1. The number of rotatable bonds is 6. The topological polar surface area (TPSA) is 77.9 Å². The standard InChI is InChI=1S/C21H30N2O4/c1-15(2)20(17-8-5-4-6-9-17)21(27)22-12-7-10-18(11-13-22)23(16(3)24)14-19(25)26/h4-6,8-9,15,18,20H,7,10-14H2,1-3H3,(H,25,26). The Balaban J connectivity index is 2.11. The fourth-order valence-corrected chi connectivity index (χ4v) is 3.92. The summed E-state index contributed by atoms with van der Waals surface area (Å²) < 4.78 is 0. The van der Waals surface area contributed by atoms with Crippen molar-refractivity contribution in [3.63, 3.8) is 0 Å². The van der Waals surface area contributed by atoms with Crippen LogP contribution in [0.3, 0.4) is 0 Å². The first-order valence-corrected chi connectivity index (χ1v) is 9.64. The maximum absolute atomic E-state index is 13.2. The quantitative estimate of drug-likeness (QED) is 0.830. The molecule has 2 atom stereocenters. The number of carbonyl (C=O) groups is 3. The zero-order valence-corrected chi connectivity index (χ0v) is 16.4. The molecule has 1 saturated heterocycles. The van der Waals surface area contributed by atoms with Crippen molar-refractivity contribution < 1.29 is 19.5 Å². The van der Waals surface area contributed by atoms with Gasteiger partial charge in [0.15, 0.2) is 0 Å². The molecule has 2 unspecified atom stereocenters. The first-order valence-electron chi connectivity index (χ1n) is 9.64. The lowest BCUT2D eigenvalue weighted by atomic mass is 9.87. The van der Waals surface area contributed by atoms with E-state index in [0.29, 0.717) is 25.9 Å². The minimum Gasteiger partial charge on any atom is -0.480 e. The number of amides is 2. The van der Waals surface area contributed by atoms with Crippen LogP contribution in [0, 0.1) is 5.92 Å². The fourth-order valence-electron chi connectivity index (χ4n) is 3.92. The van der Waals surface area contributed by atoms with Crippen molar-refractivity contribution in [2.24, 2.45) is 5.92 Å². The van der Waals surface area contributed by atoms with Crippen LogP contribution in [0.15, 0.2) is 30.3 Å². The first-order chi connectivity index (χ1) is 12.8. The molecule has 6 heteroatoms. The lowest BCUT2D eigenvalue weighted by Crippen LogP contribution is -2.43. The number of aliphatic carboxylic acids is 1. The van der Waals surface area contributed by atoms with Gasteiger partial charge in [-0.1, -0.05) is 44.2 Å². The zero-order valence-electron chi connectivity index (χ0n) is 16.4. The van der Waals surface area contributed by atoms with E-state index in [-0.39, 0.29) is 36.2 Å². The summed E-state index contributed by atoms with van der Waals surface area (Å²) in [5.74, 6) is -1.13. The van der Waals surface area contributed by atoms with Crippen LogP contribution in [0.1, 0.15) is 51.5 Å². The Kier molecular flexibility index (Phi) is 7.39. The molecule has 0 aromatic heterocycles. The summed E-state index contributed by atoms with van der Waals surface area (Å²) in [5.41, 5.74) is 1.02. The Hall–Kier alpha value is -2.37. The van der Waals surface area contributed by atoms with E-state index in [2.05, 4.69) is 13.8 Å². The van der Waals surface area contributed by atoms with Crippen molar-refractivity contribution >= 4 is 17.8 Å². The molecule has 1 heterocycles. The molecule has 1 aromatic carbocycles. The van der Waals surface area contributed by atoms with E-state index in [1.807, 2.05) is 35.2 Å². The SMILES string of the molecule is CC(=O)N(CC(=O)O)C1CCCN(C(=O)C(c2ccccc2)C(C)C)CC1. The minimum atomic E-state index is -1.01. The van der Waals surface area contributed by atoms with Crippen molar-refractivity contribution in [1.29, 1.82) is 0 Å². The van der Waals surface area contributed by atoms with Crippen LogP contribution in [0.5, 0.6) is 0 Å². The van der Waals surface area contributed by atoms with Gasteiger partial charge in [-0.3, -0.25) is 14.4 Å². The molecule has 27 heavy (non-hydrogen) atoms. The van der Waals surface area contributed by atoms with Gasteiger partial charge in [-0.15, -0.1) is 0 Å². The molecule has 2 rings (SSSR count). The van der Waals surface area contributed by atoms with Crippen LogP contribution in [-0.4, -0.2) is 58.4 Å². The average molecular weight is 374 g/mol. The average Bonchev–Trinajstić information content (AvgIpc) is 2.86. The van der Waals surface area contributed by atoms with Crippen molar-refractivity contribution in [3.05, 3.63) is 35.9 Å². The lowest BCUT2D eigenvalue weighted by molar-refractivity contribution is -0.145. The molecule has 1 N–H and O–H groups in total. The van der Waals surface area contributed by atoms with Gasteiger partial charge in [-0.05, 0) is 30.7 Å². The minimum absolute atomic E-state index is 0.115. The maximum atomic E-state index is 13.2. The maximum Gasteiger partial charge on any atom is 0.323 e. The summed E-state index contributed by atoms with van der Waals surface area (Å²) >= 11 is 0. The van der Waals surface area contributed by atoms with Crippen molar-refractivity contribution in [1.82, 2.24) is 9.80 Å². The Morgan fingerprint density at radius 3 is 2.37 bits per heavy atom. The molecule has 0 saturated carbocycles. The number of hydrogen-bond donors (Lipinski definition) is 1. The Bertz CT molecular complexity index is 659. The third-order valence-corrected chi connectivity index (χ3v) is 5.25. The molecule has 0 bridgehead atoms. The predicted molar refractivity (Wildman–Crippen MR) is 103 cm³/mol. The number of hydrogen-bond acceptors (Lipinski definition) is 3. The van der Waals surface area contributed by atoms with E-state index in [4.69, 9.17) is 5.11 Å². The van der Waals surface area contributed by atoms with E-state index in [1.165, 1.54) is 11.8 Å². The highest BCUT2D eigenvalue weighted by Gasteiger charge is 2.32. The summed E-state index contributed by atoms with van der Waals surface area (Å²) in [7, 11) is 0. The van der Waals surface area contributed by atoms with Gasteiger partial charge >= 0.3 is 5.97 Å². The normalized spacial score (nSPS) is 18.7. The highest BCUT2D eigenvalue weighted by molar-refractivity contribution is 5.84. The summed E-state index contributed by atoms with van der Waals surface area (Å²) in [5, 5.41) is 9.08. The Labute approximate surface area is 161 Å². The highest BCUT2D eigenvalue weighted by Crippen LogP contribution is 2.28. The van der Waals surface area contributed by atoms with E-state index in [1.54, 1.807) is 0 Å². The molecule has 1 aliphatic rings. The van der Waals surface area contributed by atoms with Crippen molar-refractivity contribution in [2.75, 3.05) is 19.6 Å². The van der Waals surface area contributed by atoms with Gasteiger partial charge in [-0.25, -0.2) is 0 Å². The zero-order chi connectivity index (χ0) is 20.0. The Morgan fingerprint density at radius 2 is 1.81 bits per heavy atom. The van der Waals surface area contributed by atoms with Crippen molar-refractivity contribution in [3.8, 4) is 0 Å². The number of nitrogens with zero attached hydrogens (tertiary/aromatic N) is 2. The van der Waals surface area contributed by atoms with Gasteiger partial charge < -0.3 is 14.9 Å². The van der Waals surface area contributed by atoms with Gasteiger partial charge in [0.2, 0.25) is 11.8 Å². The predicted octanol–water partition coefficient (Wildman–Crippen LogP) is 2.74. The highest BCUT2D eigenvalue weighted by atomic mass is 16.4. The molecule has 1 aliphatic heterocycles. The van der Waals surface area contributed by atoms with Crippen LogP contribution >= 0.6 is 0 Å². The monoisotopic (exact) mass is 374 g/mol. The number of carbonyl (C=O) groups excluding carboxylic acids is 2. The summed E-state index contributed by atoms with van der Waals surface area (Å²) in [6.07, 6.45) is 2.09. The lowest BCUT2D eigenvalue weighted by Gasteiger charge is -2.30. The summed E-state index contributed by atoms with van der Waals surface area (Å²) in [4.78, 5) is 39.5. The molecule has 6 nitrogen and oxygen atoms in total. The molecule has 1 aromatic rings. The van der Waals surface area contributed by atoms with E-state index >= 15 is 0 Å². The van der Waals surface area contributed by atoms with Crippen LogP contribution in [-0.2, 0) is 14.4 Å². The molecule has 148 valence electrons. The number of benzene rings is 1. The molecule has 0 radical (unpaired) electrons. The van der Waals surface area contributed by atoms with Crippen molar-refractivity contribution in [2.45, 2.75) is 52.0 Å². The van der Waals surface area contributed by atoms with Gasteiger partial charge in [-0.2, -0.15) is 0 Å². The smallest absolute Gasteiger partial charge is 0.323 e. The van der Waals surface area contributed by atoms with Crippen LogP contribution in [0.25, 0.3) is 0 Å². The van der Waals surface area contributed by atoms with Crippen LogP contribution in [0.2, 0.25) is 0 Å². The van der Waals surface area contributed by atoms with Crippen LogP contribution in [0.4, 0.5) is 0 Å². The van der Waals surface area contributed by atoms with Gasteiger partial charge in [0.1, 0.15) is 6.54 Å². The molecular formula is C21H30N2O4. The first kappa shape index (κ1) is 20.9. The van der Waals surface area contributed by atoms with Gasteiger partial charge in [0, 0.05) is 26.1 Å². The summed E-state index contributed by atoms with van der Waals surface area (Å²) in [6, 6.07) is 9.70. The second kappa shape index (κ2) is 9.53. The van der Waals surface area contributed by atoms with E-state index < -0.39 is 5.97 Å². The second-order valence-electron chi connectivity index (χ2n) is 7.58. The third-order valence-electron chi connectivity index (χ3n) is 5.25. The fraction of sp³-hybridized carbons (Fsp3) is 0.571.